The molecule has 0 bridgehead atoms. The first-order valence-electron chi connectivity index (χ1n) is 8.23. The van der Waals surface area contributed by atoms with E-state index < -0.39 is 16.9 Å². The minimum Gasteiger partial charge on any atom is -0.456 e. The van der Waals surface area contributed by atoms with Crippen molar-refractivity contribution in [1.29, 1.82) is 0 Å². The number of hydrogen-bond acceptors (Lipinski definition) is 7. The average molecular weight is 517 g/mol. The van der Waals surface area contributed by atoms with Crippen LogP contribution in [0.2, 0.25) is 0 Å². The Bertz CT molecular complexity index is 872. The molecule has 0 spiro atoms. The number of carbonyl (C=O) groups excluding carboxylic acids is 3. The number of β-lactam (4-membered cyclic amide) rings is 1. The first-order chi connectivity index (χ1) is 13.3. The number of nitrogens with one attached hydrogen (secondary N) is 1. The van der Waals surface area contributed by atoms with E-state index >= 15 is 0 Å². The average Bonchev–Trinajstić information content (AvgIpc) is 2.69. The minimum atomic E-state index is -0.643. The van der Waals surface area contributed by atoms with Gasteiger partial charge in [-0.15, -0.1) is 11.8 Å². The van der Waals surface area contributed by atoms with Crippen LogP contribution in [0.3, 0.4) is 0 Å². The number of halogens is 1. The van der Waals surface area contributed by atoms with Gasteiger partial charge in [-0.1, -0.05) is 22.6 Å². The Balaban J connectivity index is 1.72. The van der Waals surface area contributed by atoms with E-state index in [4.69, 9.17) is 4.74 Å². The molecule has 28 heavy (non-hydrogen) atoms. The second kappa shape index (κ2) is 8.47. The zero-order chi connectivity index (χ0) is 20.4. The first-order valence-corrected chi connectivity index (χ1v) is 10.8. The van der Waals surface area contributed by atoms with Gasteiger partial charge >= 0.3 is 5.97 Å². The zero-order valence-corrected chi connectivity index (χ0v) is 17.7. The van der Waals surface area contributed by atoms with Crippen LogP contribution in [0, 0.1) is 10.1 Å². The second-order valence-corrected chi connectivity index (χ2v) is 8.04. The van der Waals surface area contributed by atoms with Crippen molar-refractivity contribution in [3.8, 4) is 0 Å². The smallest absolute Gasteiger partial charge is 0.355 e. The van der Waals surface area contributed by atoms with Gasteiger partial charge in [0.1, 0.15) is 23.7 Å². The molecule has 2 aliphatic rings. The Labute approximate surface area is 178 Å². The molecule has 1 saturated heterocycles. The molecule has 0 saturated carbocycles. The Morgan fingerprint density at radius 1 is 1.39 bits per heavy atom. The van der Waals surface area contributed by atoms with Gasteiger partial charge in [0.15, 0.2) is 0 Å². The summed E-state index contributed by atoms with van der Waals surface area (Å²) in [5, 5.41) is 13.0. The molecule has 1 fully saturated rings. The normalized spacial score (nSPS) is 20.9. The third-order valence-corrected chi connectivity index (χ3v) is 6.54. The zero-order valence-electron chi connectivity index (χ0n) is 14.7. The maximum absolute atomic E-state index is 12.7. The van der Waals surface area contributed by atoms with Crippen molar-refractivity contribution in [2.24, 2.45) is 0 Å². The second-order valence-electron chi connectivity index (χ2n) is 6.17. The molecule has 148 valence electrons. The van der Waals surface area contributed by atoms with E-state index in [1.807, 2.05) is 0 Å². The highest BCUT2D eigenvalue weighted by Crippen LogP contribution is 2.41. The lowest BCUT2D eigenvalue weighted by Gasteiger charge is -2.49. The van der Waals surface area contributed by atoms with E-state index in [-0.39, 0.29) is 35.2 Å². The number of benzene rings is 1. The Kier molecular flexibility index (Phi) is 6.23. The number of alkyl halides is 1. The number of rotatable bonds is 6. The summed E-state index contributed by atoms with van der Waals surface area (Å²) in [5.41, 5.74) is 1.58. The number of carbonyl (C=O) groups is 3. The van der Waals surface area contributed by atoms with Crippen molar-refractivity contribution >= 4 is 57.8 Å². The molecular weight excluding hydrogens is 501 g/mol. The monoisotopic (exact) mass is 517 g/mol. The summed E-state index contributed by atoms with van der Waals surface area (Å²) in [6.45, 7) is 1.28. The molecule has 2 aliphatic heterocycles. The van der Waals surface area contributed by atoms with Crippen molar-refractivity contribution in [2.45, 2.75) is 24.9 Å². The highest BCUT2D eigenvalue weighted by Gasteiger charge is 2.54. The van der Waals surface area contributed by atoms with Crippen LogP contribution in [0.15, 0.2) is 35.5 Å². The number of amides is 2. The van der Waals surface area contributed by atoms with E-state index in [1.165, 1.54) is 47.9 Å². The van der Waals surface area contributed by atoms with Gasteiger partial charge in [-0.05, 0) is 23.3 Å². The number of nitro benzene ring substituents is 1. The third-order valence-electron chi connectivity index (χ3n) is 4.28. The number of hydrogen-bond donors (Lipinski definition) is 1. The minimum absolute atomic E-state index is 0.0488. The third kappa shape index (κ3) is 3.99. The van der Waals surface area contributed by atoms with Crippen molar-refractivity contribution in [1.82, 2.24) is 10.2 Å². The lowest BCUT2D eigenvalue weighted by atomic mass is 10.0. The number of non-ortho nitro benzene ring substituents is 1. The molecule has 1 aromatic carbocycles. The van der Waals surface area contributed by atoms with Gasteiger partial charge in [-0.3, -0.25) is 24.6 Å². The van der Waals surface area contributed by atoms with Gasteiger partial charge < -0.3 is 10.1 Å². The van der Waals surface area contributed by atoms with Crippen molar-refractivity contribution in [3.63, 3.8) is 0 Å². The number of thioether (sulfide) groups is 1. The van der Waals surface area contributed by atoms with Gasteiger partial charge in [0, 0.05) is 29.2 Å². The molecule has 0 aromatic heterocycles. The summed E-state index contributed by atoms with van der Waals surface area (Å²) in [7, 11) is 0. The van der Waals surface area contributed by atoms with Crippen LogP contribution in [0.4, 0.5) is 5.69 Å². The van der Waals surface area contributed by atoms with Crippen molar-refractivity contribution in [3.05, 3.63) is 51.2 Å². The molecule has 0 radical (unpaired) electrons. The molecule has 3 rings (SSSR count). The molecule has 2 atom stereocenters. The van der Waals surface area contributed by atoms with E-state index in [1.54, 1.807) is 0 Å². The van der Waals surface area contributed by atoms with Crippen molar-refractivity contribution in [2.75, 3.05) is 10.2 Å². The SMILES string of the molecule is CC(=O)NC1C(=O)N2C(C(=O)OCc3ccc([N+](=O)[O-])cc3)=C(CI)CS[C@@H]12. The number of ether oxygens (including phenoxy) is 1. The molecule has 2 heterocycles. The van der Waals surface area contributed by atoms with Crippen molar-refractivity contribution < 1.29 is 24.0 Å². The Morgan fingerprint density at radius 3 is 2.64 bits per heavy atom. The van der Waals surface area contributed by atoms with E-state index in [0.29, 0.717) is 15.7 Å². The fraction of sp³-hybridized carbons (Fsp3) is 0.353. The topological polar surface area (TPSA) is 119 Å². The molecule has 9 nitrogen and oxygen atoms in total. The van der Waals surface area contributed by atoms with Gasteiger partial charge in [0.25, 0.3) is 11.6 Å². The van der Waals surface area contributed by atoms with Gasteiger partial charge in [0.05, 0.1) is 4.92 Å². The number of esters is 1. The van der Waals surface area contributed by atoms with Crippen LogP contribution in [0.1, 0.15) is 12.5 Å². The Hall–Kier alpha value is -2.15. The van der Waals surface area contributed by atoms with Crippen LogP contribution in [0.25, 0.3) is 0 Å². The van der Waals surface area contributed by atoms with Crippen LogP contribution >= 0.6 is 34.4 Å². The van der Waals surface area contributed by atoms with Crippen LogP contribution in [0.5, 0.6) is 0 Å². The predicted octanol–water partition coefficient (Wildman–Crippen LogP) is 1.75. The largest absolute Gasteiger partial charge is 0.456 e. The van der Waals surface area contributed by atoms with E-state index in [2.05, 4.69) is 27.9 Å². The van der Waals surface area contributed by atoms with E-state index in [9.17, 15) is 24.5 Å². The highest BCUT2D eigenvalue weighted by atomic mass is 127. The van der Waals surface area contributed by atoms with E-state index in [0.717, 1.165) is 5.57 Å². The maximum atomic E-state index is 12.7. The summed E-state index contributed by atoms with van der Waals surface area (Å²) in [6, 6.07) is 5.06. The molecule has 2 amide bonds. The summed E-state index contributed by atoms with van der Waals surface area (Å²) in [6.07, 6.45) is 0. The van der Waals surface area contributed by atoms with Gasteiger partial charge in [-0.25, -0.2) is 4.79 Å². The standard InChI is InChI=1S/C17H16IN3O6S/c1-9(22)19-13-15(23)20-14(11(6-18)8-28-16(13)20)17(24)27-7-10-2-4-12(5-3-10)21(25)26/h2-5,13,16H,6-8H2,1H3,(H,19,22)/t13?,16-/m0/s1. The highest BCUT2D eigenvalue weighted by molar-refractivity contribution is 14.1. The summed E-state index contributed by atoms with van der Waals surface area (Å²) >= 11 is 3.62. The van der Waals surface area contributed by atoms with Gasteiger partial charge in [0.2, 0.25) is 5.91 Å². The van der Waals surface area contributed by atoms with Crippen LogP contribution in [-0.2, 0) is 25.7 Å². The van der Waals surface area contributed by atoms with Crippen LogP contribution < -0.4 is 5.32 Å². The quantitative estimate of drug-likeness (QED) is 0.153. The molecular formula is C17H16IN3O6S. The van der Waals surface area contributed by atoms with Crippen LogP contribution in [-0.4, -0.2) is 49.2 Å². The number of nitrogens with zero attached hydrogens (tertiary/aromatic N) is 2. The van der Waals surface area contributed by atoms with Gasteiger partial charge in [-0.2, -0.15) is 0 Å². The molecule has 1 N–H and O–H groups in total. The predicted molar refractivity (Wildman–Crippen MR) is 110 cm³/mol. The lowest BCUT2D eigenvalue weighted by molar-refractivity contribution is -0.384. The molecule has 0 aliphatic carbocycles. The first kappa shape index (κ1) is 20.6. The molecule has 1 aromatic rings. The summed E-state index contributed by atoms with van der Waals surface area (Å²) in [4.78, 5) is 48.0. The summed E-state index contributed by atoms with van der Waals surface area (Å²) < 4.78 is 5.92. The summed E-state index contributed by atoms with van der Waals surface area (Å²) in [5.74, 6) is -0.693. The molecule has 1 unspecified atom stereocenters. The maximum Gasteiger partial charge on any atom is 0.355 e. The fourth-order valence-electron chi connectivity index (χ4n) is 2.92. The fourth-order valence-corrected chi connectivity index (χ4v) is 5.27. The Morgan fingerprint density at radius 2 is 2.07 bits per heavy atom. The molecule has 11 heteroatoms. The number of fused-ring (bicyclic) bond motifs is 1. The number of nitro groups is 1. The lowest BCUT2D eigenvalue weighted by Crippen LogP contribution is -2.70.